The maximum atomic E-state index is 11.8. The van der Waals surface area contributed by atoms with Crippen LogP contribution in [0.1, 0.15) is 104 Å². The molecule has 12 nitrogen and oxygen atoms in total. The number of hydrogen-bond donors (Lipinski definition) is 0. The van der Waals surface area contributed by atoms with Crippen molar-refractivity contribution in [2.24, 2.45) is 0 Å². The molecular formula is C36H70O12. The van der Waals surface area contributed by atoms with Crippen molar-refractivity contribution in [3.8, 4) is 0 Å². The first kappa shape index (κ1) is 46.6. The van der Waals surface area contributed by atoms with Gasteiger partial charge in [0, 0.05) is 12.8 Å². The molecule has 0 saturated heterocycles. The van der Waals surface area contributed by atoms with Gasteiger partial charge in [-0.05, 0) is 12.8 Å². The van der Waals surface area contributed by atoms with Crippen molar-refractivity contribution in [2.75, 3.05) is 119 Å². The number of carbonyl (C=O) groups is 2. The Labute approximate surface area is 291 Å². The third-order valence-electron chi connectivity index (χ3n) is 7.05. The average molecular weight is 695 g/mol. The van der Waals surface area contributed by atoms with E-state index in [1.54, 1.807) is 0 Å². The van der Waals surface area contributed by atoms with Crippen LogP contribution in [0.4, 0.5) is 0 Å². The zero-order chi connectivity index (χ0) is 34.9. The van der Waals surface area contributed by atoms with E-state index in [-0.39, 0.29) is 25.2 Å². The minimum Gasteiger partial charge on any atom is -0.463 e. The lowest BCUT2D eigenvalue weighted by atomic mass is 10.1. The van der Waals surface area contributed by atoms with Crippen LogP contribution in [0.2, 0.25) is 0 Å². The molecular weight excluding hydrogens is 624 g/mol. The molecule has 0 aromatic rings. The lowest BCUT2D eigenvalue weighted by Crippen LogP contribution is -2.15. The molecule has 0 atom stereocenters. The third kappa shape index (κ3) is 40.8. The molecule has 0 rings (SSSR count). The van der Waals surface area contributed by atoms with E-state index >= 15 is 0 Å². The predicted octanol–water partition coefficient (Wildman–Crippen LogP) is 5.71. The van der Waals surface area contributed by atoms with Crippen LogP contribution in [0.15, 0.2) is 0 Å². The van der Waals surface area contributed by atoms with Crippen LogP contribution in [0.3, 0.4) is 0 Å². The minimum absolute atomic E-state index is 0.138. The molecule has 0 spiro atoms. The van der Waals surface area contributed by atoms with Crippen molar-refractivity contribution in [1.82, 2.24) is 0 Å². The van der Waals surface area contributed by atoms with Gasteiger partial charge in [-0.1, -0.05) is 78.1 Å². The standard InChI is InChI=1S/C36H70O12/c1-3-5-7-8-9-10-11-12-14-16-36(38)48-34-32-46-30-28-44-26-24-42-22-20-40-18-17-39-19-21-41-23-25-43-27-29-45-31-33-47-35(37)15-13-6-4-2/h3-34H2,1-2H3. The Hall–Kier alpha value is -1.38. The average Bonchev–Trinajstić information content (AvgIpc) is 3.08. The maximum Gasteiger partial charge on any atom is 0.305 e. The van der Waals surface area contributed by atoms with Crippen molar-refractivity contribution in [3.05, 3.63) is 0 Å². The first-order valence-electron chi connectivity index (χ1n) is 18.6. The van der Waals surface area contributed by atoms with Gasteiger partial charge >= 0.3 is 11.9 Å². The Morgan fingerprint density at radius 1 is 0.292 bits per heavy atom. The zero-order valence-electron chi connectivity index (χ0n) is 30.5. The van der Waals surface area contributed by atoms with Gasteiger partial charge in [0.05, 0.1) is 106 Å². The third-order valence-corrected chi connectivity index (χ3v) is 7.05. The molecule has 0 saturated carbocycles. The summed E-state index contributed by atoms with van der Waals surface area (Å²) in [5.41, 5.74) is 0. The van der Waals surface area contributed by atoms with Crippen molar-refractivity contribution >= 4 is 11.9 Å². The Morgan fingerprint density at radius 3 is 0.792 bits per heavy atom. The summed E-state index contributed by atoms with van der Waals surface area (Å²) >= 11 is 0. The summed E-state index contributed by atoms with van der Waals surface area (Å²) in [6.45, 7) is 12.4. The zero-order valence-corrected chi connectivity index (χ0v) is 30.5. The summed E-state index contributed by atoms with van der Waals surface area (Å²) in [5.74, 6) is -0.299. The summed E-state index contributed by atoms with van der Waals surface area (Å²) in [6, 6.07) is 0. The summed E-state index contributed by atoms with van der Waals surface area (Å²) < 4.78 is 53.9. The summed E-state index contributed by atoms with van der Waals surface area (Å²) in [7, 11) is 0. The molecule has 0 fully saturated rings. The number of ether oxygens (including phenoxy) is 10. The highest BCUT2D eigenvalue weighted by molar-refractivity contribution is 5.69. The van der Waals surface area contributed by atoms with Crippen molar-refractivity contribution < 1.29 is 57.0 Å². The molecule has 0 bridgehead atoms. The van der Waals surface area contributed by atoms with E-state index in [1.807, 2.05) is 0 Å². The lowest BCUT2D eigenvalue weighted by molar-refractivity contribution is -0.146. The molecule has 0 radical (unpaired) electrons. The number of esters is 2. The second-order valence-corrected chi connectivity index (χ2v) is 11.4. The molecule has 0 N–H and O–H groups in total. The van der Waals surface area contributed by atoms with Gasteiger partial charge < -0.3 is 47.4 Å². The lowest BCUT2D eigenvalue weighted by Gasteiger charge is -2.09. The van der Waals surface area contributed by atoms with Crippen LogP contribution < -0.4 is 0 Å². The van der Waals surface area contributed by atoms with E-state index < -0.39 is 0 Å². The summed E-state index contributed by atoms with van der Waals surface area (Å²) in [4.78, 5) is 23.2. The first-order valence-corrected chi connectivity index (χ1v) is 18.6. The number of hydrogen-bond acceptors (Lipinski definition) is 12. The van der Waals surface area contributed by atoms with E-state index in [0.717, 1.165) is 32.1 Å². The van der Waals surface area contributed by atoms with Gasteiger partial charge in [-0.2, -0.15) is 0 Å². The van der Waals surface area contributed by atoms with E-state index in [1.165, 1.54) is 44.9 Å². The molecule has 0 aliphatic heterocycles. The first-order chi connectivity index (χ1) is 23.7. The van der Waals surface area contributed by atoms with Gasteiger partial charge in [0.1, 0.15) is 13.2 Å². The molecule has 0 aromatic carbocycles. The smallest absolute Gasteiger partial charge is 0.305 e. The van der Waals surface area contributed by atoms with Crippen molar-refractivity contribution in [2.45, 2.75) is 104 Å². The molecule has 0 amide bonds. The fourth-order valence-electron chi connectivity index (χ4n) is 4.31. The molecule has 12 heteroatoms. The predicted molar refractivity (Wildman–Crippen MR) is 184 cm³/mol. The molecule has 286 valence electrons. The molecule has 0 aromatic heterocycles. The number of unbranched alkanes of at least 4 members (excludes halogenated alkanes) is 10. The van der Waals surface area contributed by atoms with Crippen molar-refractivity contribution in [1.29, 1.82) is 0 Å². The number of carbonyl (C=O) groups excluding carboxylic acids is 2. The quantitative estimate of drug-likeness (QED) is 0.0575. The fourth-order valence-corrected chi connectivity index (χ4v) is 4.31. The van der Waals surface area contributed by atoms with E-state index in [0.29, 0.717) is 119 Å². The molecule has 48 heavy (non-hydrogen) atoms. The Bertz CT molecular complexity index is 652. The topological polar surface area (TPSA) is 126 Å². The van der Waals surface area contributed by atoms with Gasteiger partial charge in [-0.15, -0.1) is 0 Å². The van der Waals surface area contributed by atoms with Crippen LogP contribution in [0.25, 0.3) is 0 Å². The second-order valence-electron chi connectivity index (χ2n) is 11.4. The highest BCUT2D eigenvalue weighted by atomic mass is 16.6. The van der Waals surface area contributed by atoms with Crippen LogP contribution in [-0.2, 0) is 57.0 Å². The SMILES string of the molecule is CCCCCCCCCCCC(=O)OCCOCCOCCOCCOCCOCCOCCOCCOCCOC(=O)CCCCC. The molecule has 0 unspecified atom stereocenters. The van der Waals surface area contributed by atoms with Crippen LogP contribution in [-0.4, -0.2) is 131 Å². The normalized spacial score (nSPS) is 11.3. The van der Waals surface area contributed by atoms with Gasteiger partial charge in [-0.3, -0.25) is 9.59 Å². The summed E-state index contributed by atoms with van der Waals surface area (Å²) in [5, 5.41) is 0. The van der Waals surface area contributed by atoms with Crippen molar-refractivity contribution in [3.63, 3.8) is 0 Å². The van der Waals surface area contributed by atoms with Gasteiger partial charge in [-0.25, -0.2) is 0 Å². The summed E-state index contributed by atoms with van der Waals surface area (Å²) in [6.07, 6.45) is 15.1. The Kier molecular flexibility index (Phi) is 40.6. The largest absolute Gasteiger partial charge is 0.463 e. The highest BCUT2D eigenvalue weighted by Crippen LogP contribution is 2.10. The minimum atomic E-state index is -0.160. The number of rotatable bonds is 41. The highest BCUT2D eigenvalue weighted by Gasteiger charge is 2.03. The van der Waals surface area contributed by atoms with Gasteiger partial charge in [0.15, 0.2) is 0 Å². The van der Waals surface area contributed by atoms with E-state index in [2.05, 4.69) is 13.8 Å². The maximum absolute atomic E-state index is 11.8. The molecule has 0 aliphatic carbocycles. The monoisotopic (exact) mass is 694 g/mol. The van der Waals surface area contributed by atoms with Gasteiger partial charge in [0.2, 0.25) is 0 Å². The van der Waals surface area contributed by atoms with Crippen LogP contribution >= 0.6 is 0 Å². The molecule has 0 heterocycles. The van der Waals surface area contributed by atoms with E-state index in [4.69, 9.17) is 47.4 Å². The van der Waals surface area contributed by atoms with Crippen LogP contribution in [0.5, 0.6) is 0 Å². The Morgan fingerprint density at radius 2 is 0.500 bits per heavy atom. The Balaban J connectivity index is 3.14. The molecule has 0 aliphatic rings. The fraction of sp³-hybridized carbons (Fsp3) is 0.944. The second kappa shape index (κ2) is 41.8. The van der Waals surface area contributed by atoms with Crippen LogP contribution in [0, 0.1) is 0 Å². The van der Waals surface area contributed by atoms with Gasteiger partial charge in [0.25, 0.3) is 0 Å². The van der Waals surface area contributed by atoms with E-state index in [9.17, 15) is 9.59 Å².